The van der Waals surface area contributed by atoms with Crippen molar-refractivity contribution in [1.82, 2.24) is 9.78 Å². The molecule has 4 nitrogen and oxygen atoms in total. The van der Waals surface area contributed by atoms with E-state index in [-0.39, 0.29) is 11.4 Å². The summed E-state index contributed by atoms with van der Waals surface area (Å²) in [4.78, 5) is 12.0. The fourth-order valence-corrected chi connectivity index (χ4v) is 1.95. The van der Waals surface area contributed by atoms with Gasteiger partial charge >= 0.3 is 0 Å². The van der Waals surface area contributed by atoms with Crippen molar-refractivity contribution in [3.05, 3.63) is 78.1 Å². The fraction of sp³-hybridized carbons (Fsp3) is 0. The first-order chi connectivity index (χ1) is 10.6. The van der Waals surface area contributed by atoms with Gasteiger partial charge in [-0.2, -0.15) is 5.10 Å². The Kier molecular flexibility index (Phi) is 3.65. The molecule has 3 aromatic rings. The molecule has 0 fully saturated rings. The standard InChI is InChI=1S/C16H11F2N3O/c17-11-6-7-14(13(18)10-11)19-16(22)15-8-9-21(20-15)12-4-2-1-3-5-12/h1-10H,(H,19,22). The first-order valence-electron chi connectivity index (χ1n) is 6.51. The molecule has 0 radical (unpaired) electrons. The largest absolute Gasteiger partial charge is 0.318 e. The Balaban J connectivity index is 1.80. The van der Waals surface area contributed by atoms with Crippen LogP contribution in [-0.2, 0) is 0 Å². The zero-order valence-corrected chi connectivity index (χ0v) is 11.3. The zero-order valence-electron chi connectivity index (χ0n) is 11.3. The lowest BCUT2D eigenvalue weighted by molar-refractivity contribution is 0.102. The van der Waals surface area contributed by atoms with E-state index in [0.717, 1.165) is 17.8 Å². The lowest BCUT2D eigenvalue weighted by Crippen LogP contribution is -2.14. The number of hydrogen-bond donors (Lipinski definition) is 1. The van der Waals surface area contributed by atoms with E-state index in [1.165, 1.54) is 10.7 Å². The van der Waals surface area contributed by atoms with Crippen LogP contribution in [0.3, 0.4) is 0 Å². The molecular weight excluding hydrogens is 288 g/mol. The molecule has 110 valence electrons. The number of benzene rings is 2. The Morgan fingerprint density at radius 1 is 1.05 bits per heavy atom. The van der Waals surface area contributed by atoms with E-state index >= 15 is 0 Å². The maximum Gasteiger partial charge on any atom is 0.276 e. The van der Waals surface area contributed by atoms with Crippen LogP contribution in [-0.4, -0.2) is 15.7 Å². The lowest BCUT2D eigenvalue weighted by Gasteiger charge is -2.04. The summed E-state index contributed by atoms with van der Waals surface area (Å²) in [6, 6.07) is 13.7. The Hall–Kier alpha value is -3.02. The van der Waals surface area contributed by atoms with Crippen molar-refractivity contribution in [1.29, 1.82) is 0 Å². The number of nitrogens with zero attached hydrogens (tertiary/aromatic N) is 2. The molecule has 0 unspecified atom stereocenters. The molecule has 0 aliphatic heterocycles. The van der Waals surface area contributed by atoms with Crippen LogP contribution < -0.4 is 5.32 Å². The Morgan fingerprint density at radius 3 is 2.55 bits per heavy atom. The number of para-hydroxylation sites is 1. The number of nitrogens with one attached hydrogen (secondary N) is 1. The highest BCUT2D eigenvalue weighted by molar-refractivity contribution is 6.02. The second-order valence-electron chi connectivity index (χ2n) is 4.56. The van der Waals surface area contributed by atoms with Crippen LogP contribution in [0.2, 0.25) is 0 Å². The minimum atomic E-state index is -0.837. The molecule has 0 aliphatic carbocycles. The molecule has 0 bridgehead atoms. The van der Waals surface area contributed by atoms with Crippen molar-refractivity contribution in [3.63, 3.8) is 0 Å². The monoisotopic (exact) mass is 299 g/mol. The summed E-state index contributed by atoms with van der Waals surface area (Å²) in [5.41, 5.74) is 0.836. The SMILES string of the molecule is O=C(Nc1ccc(F)cc1F)c1ccn(-c2ccccc2)n1. The summed E-state index contributed by atoms with van der Waals surface area (Å²) in [5, 5.41) is 6.49. The third-order valence-electron chi connectivity index (χ3n) is 3.02. The van der Waals surface area contributed by atoms with Crippen molar-refractivity contribution >= 4 is 11.6 Å². The summed E-state index contributed by atoms with van der Waals surface area (Å²) >= 11 is 0. The van der Waals surface area contributed by atoms with E-state index in [4.69, 9.17) is 0 Å². The molecule has 22 heavy (non-hydrogen) atoms. The second kappa shape index (κ2) is 5.77. The van der Waals surface area contributed by atoms with Gasteiger partial charge in [-0.25, -0.2) is 13.5 Å². The molecule has 2 aromatic carbocycles. The number of halogens is 2. The highest BCUT2D eigenvalue weighted by atomic mass is 19.1. The molecule has 0 spiro atoms. The Bertz CT molecular complexity index is 815. The predicted octanol–water partition coefficient (Wildman–Crippen LogP) is 3.40. The molecule has 0 atom stereocenters. The molecule has 1 N–H and O–H groups in total. The maximum atomic E-state index is 13.5. The third kappa shape index (κ3) is 2.85. The van der Waals surface area contributed by atoms with Gasteiger partial charge in [-0.05, 0) is 30.3 Å². The van der Waals surface area contributed by atoms with E-state index in [2.05, 4.69) is 10.4 Å². The van der Waals surface area contributed by atoms with Crippen LogP contribution in [0.4, 0.5) is 14.5 Å². The van der Waals surface area contributed by atoms with Gasteiger partial charge in [0, 0.05) is 12.3 Å². The van der Waals surface area contributed by atoms with E-state index in [9.17, 15) is 13.6 Å². The number of rotatable bonds is 3. The van der Waals surface area contributed by atoms with Gasteiger partial charge in [0.05, 0.1) is 11.4 Å². The van der Waals surface area contributed by atoms with Crippen molar-refractivity contribution in [2.24, 2.45) is 0 Å². The van der Waals surface area contributed by atoms with Crippen LogP contribution in [0, 0.1) is 11.6 Å². The molecule has 6 heteroatoms. The van der Waals surface area contributed by atoms with Crippen LogP contribution in [0.15, 0.2) is 60.8 Å². The molecule has 3 rings (SSSR count). The smallest absolute Gasteiger partial charge is 0.276 e. The third-order valence-corrected chi connectivity index (χ3v) is 3.02. The second-order valence-corrected chi connectivity index (χ2v) is 4.56. The highest BCUT2D eigenvalue weighted by Gasteiger charge is 2.13. The molecule has 1 amide bonds. The van der Waals surface area contributed by atoms with E-state index < -0.39 is 17.5 Å². The van der Waals surface area contributed by atoms with E-state index in [0.29, 0.717) is 6.07 Å². The van der Waals surface area contributed by atoms with E-state index in [1.54, 1.807) is 6.20 Å². The van der Waals surface area contributed by atoms with Gasteiger partial charge in [-0.3, -0.25) is 4.79 Å². The van der Waals surface area contributed by atoms with Crippen molar-refractivity contribution < 1.29 is 13.6 Å². The summed E-state index contributed by atoms with van der Waals surface area (Å²) in [6.45, 7) is 0. The summed E-state index contributed by atoms with van der Waals surface area (Å²) in [7, 11) is 0. The average Bonchev–Trinajstić information content (AvgIpc) is 3.01. The molecular formula is C16H11F2N3O. The summed E-state index contributed by atoms with van der Waals surface area (Å²) in [6.07, 6.45) is 1.63. The number of aromatic nitrogens is 2. The quantitative estimate of drug-likeness (QED) is 0.805. The minimum absolute atomic E-state index is 0.0966. The minimum Gasteiger partial charge on any atom is -0.318 e. The number of carbonyl (C=O) groups is 1. The highest BCUT2D eigenvalue weighted by Crippen LogP contribution is 2.16. The summed E-state index contributed by atoms with van der Waals surface area (Å²) < 4.78 is 27.9. The summed E-state index contributed by atoms with van der Waals surface area (Å²) in [5.74, 6) is -2.11. The van der Waals surface area contributed by atoms with Crippen molar-refractivity contribution in [3.8, 4) is 5.69 Å². The molecule has 0 aliphatic rings. The number of hydrogen-bond acceptors (Lipinski definition) is 2. The van der Waals surface area contributed by atoms with Gasteiger partial charge in [0.2, 0.25) is 0 Å². The molecule has 1 aromatic heterocycles. The zero-order chi connectivity index (χ0) is 15.5. The van der Waals surface area contributed by atoms with Crippen LogP contribution >= 0.6 is 0 Å². The van der Waals surface area contributed by atoms with Gasteiger partial charge in [0.25, 0.3) is 5.91 Å². The first kappa shape index (κ1) is 13.9. The molecule has 0 saturated carbocycles. The van der Waals surface area contributed by atoms with E-state index in [1.807, 2.05) is 30.3 Å². The first-order valence-corrected chi connectivity index (χ1v) is 6.51. The fourth-order valence-electron chi connectivity index (χ4n) is 1.95. The van der Waals surface area contributed by atoms with Crippen molar-refractivity contribution in [2.75, 3.05) is 5.32 Å². The van der Waals surface area contributed by atoms with Gasteiger partial charge in [0.1, 0.15) is 11.6 Å². The van der Waals surface area contributed by atoms with Gasteiger partial charge in [0.15, 0.2) is 5.69 Å². The topological polar surface area (TPSA) is 46.9 Å². The number of amides is 1. The molecule has 0 saturated heterocycles. The van der Waals surface area contributed by atoms with Gasteiger partial charge in [-0.15, -0.1) is 0 Å². The predicted molar refractivity (Wildman–Crippen MR) is 77.9 cm³/mol. The Morgan fingerprint density at radius 2 is 1.82 bits per heavy atom. The number of anilines is 1. The van der Waals surface area contributed by atoms with Crippen LogP contribution in [0.25, 0.3) is 5.69 Å². The van der Waals surface area contributed by atoms with Gasteiger partial charge < -0.3 is 5.32 Å². The molecule has 1 heterocycles. The van der Waals surface area contributed by atoms with Gasteiger partial charge in [-0.1, -0.05) is 18.2 Å². The lowest BCUT2D eigenvalue weighted by atomic mass is 10.3. The normalized spacial score (nSPS) is 10.5. The average molecular weight is 299 g/mol. The Labute approximate surface area is 125 Å². The number of carbonyl (C=O) groups excluding carboxylic acids is 1. The maximum absolute atomic E-state index is 13.5. The van der Waals surface area contributed by atoms with Crippen LogP contribution in [0.5, 0.6) is 0 Å². The van der Waals surface area contributed by atoms with Crippen molar-refractivity contribution in [2.45, 2.75) is 0 Å². The van der Waals surface area contributed by atoms with Crippen LogP contribution in [0.1, 0.15) is 10.5 Å².